The van der Waals surface area contributed by atoms with Crippen LogP contribution in [0.4, 0.5) is 10.5 Å². The van der Waals surface area contributed by atoms with Crippen molar-refractivity contribution in [2.24, 2.45) is 0 Å². The lowest BCUT2D eigenvalue weighted by atomic mass is 9.72. The highest BCUT2D eigenvalue weighted by Gasteiger charge is 2.39. The summed E-state index contributed by atoms with van der Waals surface area (Å²) in [6.45, 7) is 0. The average molecular weight is 291 g/mol. The second-order valence-electron chi connectivity index (χ2n) is 5.54. The average Bonchev–Trinajstić information content (AvgIpc) is 2.52. The number of rotatable bonds is 3. The molecule has 2 amide bonds. The van der Waals surface area contributed by atoms with E-state index in [0.29, 0.717) is 11.3 Å². The molecule has 0 unspecified atom stereocenters. The Morgan fingerprint density at radius 3 is 2.36 bits per heavy atom. The highest BCUT2D eigenvalue weighted by molar-refractivity contribution is 5.91. The van der Waals surface area contributed by atoms with Crippen molar-refractivity contribution in [2.75, 3.05) is 5.32 Å². The fourth-order valence-electron chi connectivity index (χ4n) is 2.83. The zero-order valence-electron chi connectivity index (χ0n) is 12.2. The molecule has 4 heteroatoms. The van der Waals surface area contributed by atoms with E-state index in [2.05, 4.69) is 16.7 Å². The van der Waals surface area contributed by atoms with E-state index in [4.69, 9.17) is 5.26 Å². The summed E-state index contributed by atoms with van der Waals surface area (Å²) < 4.78 is 0. The first kappa shape index (κ1) is 14.2. The van der Waals surface area contributed by atoms with Crippen LogP contribution in [0.3, 0.4) is 0 Å². The fourth-order valence-corrected chi connectivity index (χ4v) is 2.83. The molecule has 2 N–H and O–H groups in total. The van der Waals surface area contributed by atoms with Crippen molar-refractivity contribution in [1.29, 1.82) is 5.26 Å². The molecule has 0 radical (unpaired) electrons. The molecule has 0 aromatic heterocycles. The molecule has 0 bridgehead atoms. The molecule has 0 atom stereocenters. The maximum absolute atomic E-state index is 12.3. The number of nitrogens with zero attached hydrogens (tertiary/aromatic N) is 1. The van der Waals surface area contributed by atoms with Crippen LogP contribution in [-0.2, 0) is 5.54 Å². The molecule has 0 heterocycles. The fraction of sp³-hybridized carbons (Fsp3) is 0.222. The SMILES string of the molecule is N#Cc1ccccc1NC(=O)NC1(c2ccccc2)CCC1. The molecule has 1 saturated carbocycles. The normalized spacial score (nSPS) is 15.2. The van der Waals surface area contributed by atoms with Gasteiger partial charge in [-0.15, -0.1) is 0 Å². The molecule has 2 aromatic carbocycles. The third-order valence-electron chi connectivity index (χ3n) is 4.18. The van der Waals surface area contributed by atoms with Gasteiger partial charge in [0.15, 0.2) is 0 Å². The van der Waals surface area contributed by atoms with E-state index in [0.717, 1.165) is 24.8 Å². The van der Waals surface area contributed by atoms with Crippen LogP contribution in [0.1, 0.15) is 30.4 Å². The van der Waals surface area contributed by atoms with Gasteiger partial charge >= 0.3 is 6.03 Å². The molecule has 1 aliphatic rings. The van der Waals surface area contributed by atoms with Gasteiger partial charge in [0.25, 0.3) is 0 Å². The second kappa shape index (κ2) is 5.90. The number of hydrogen-bond acceptors (Lipinski definition) is 2. The maximum atomic E-state index is 12.3. The Morgan fingerprint density at radius 2 is 1.73 bits per heavy atom. The third kappa shape index (κ3) is 2.66. The van der Waals surface area contributed by atoms with E-state index in [1.54, 1.807) is 24.3 Å². The van der Waals surface area contributed by atoms with Gasteiger partial charge in [-0.25, -0.2) is 4.79 Å². The minimum absolute atomic E-state index is 0.272. The Kier molecular flexibility index (Phi) is 3.80. The molecule has 3 rings (SSSR count). The summed E-state index contributed by atoms with van der Waals surface area (Å²) >= 11 is 0. The summed E-state index contributed by atoms with van der Waals surface area (Å²) in [6, 6.07) is 18.8. The lowest BCUT2D eigenvalue weighted by molar-refractivity contribution is 0.185. The number of amides is 2. The highest BCUT2D eigenvalue weighted by Crippen LogP contribution is 2.41. The summed E-state index contributed by atoms with van der Waals surface area (Å²) in [5.74, 6) is 0. The van der Waals surface area contributed by atoms with Crippen LogP contribution in [0.25, 0.3) is 0 Å². The van der Waals surface area contributed by atoms with Crippen LogP contribution in [0, 0.1) is 11.3 Å². The second-order valence-corrected chi connectivity index (χ2v) is 5.54. The first-order chi connectivity index (χ1) is 10.7. The first-order valence-corrected chi connectivity index (χ1v) is 7.37. The summed E-state index contributed by atoms with van der Waals surface area (Å²) in [5.41, 5.74) is 1.84. The predicted octanol–water partition coefficient (Wildman–Crippen LogP) is 3.76. The van der Waals surface area contributed by atoms with Crippen molar-refractivity contribution in [3.05, 3.63) is 65.7 Å². The minimum Gasteiger partial charge on any atom is -0.328 e. The Hall–Kier alpha value is -2.80. The molecule has 22 heavy (non-hydrogen) atoms. The third-order valence-corrected chi connectivity index (χ3v) is 4.18. The van der Waals surface area contributed by atoms with Crippen LogP contribution >= 0.6 is 0 Å². The van der Waals surface area contributed by atoms with Crippen LogP contribution in [-0.4, -0.2) is 6.03 Å². The van der Waals surface area contributed by atoms with Crippen LogP contribution in [0.5, 0.6) is 0 Å². The van der Waals surface area contributed by atoms with Gasteiger partial charge in [0, 0.05) is 0 Å². The zero-order chi connectivity index (χ0) is 15.4. The standard InChI is InChI=1S/C18H17N3O/c19-13-14-7-4-5-10-16(14)20-17(22)21-18(11-6-12-18)15-8-2-1-3-9-15/h1-5,7-10H,6,11-12H2,(H2,20,21,22). The molecule has 2 aromatic rings. The molecule has 0 spiro atoms. The summed E-state index contributed by atoms with van der Waals surface area (Å²) in [6.07, 6.45) is 2.97. The Bertz CT molecular complexity index is 715. The van der Waals surface area contributed by atoms with Gasteiger partial charge in [0.05, 0.1) is 16.8 Å². The van der Waals surface area contributed by atoms with Crippen molar-refractivity contribution < 1.29 is 4.79 Å². The van der Waals surface area contributed by atoms with E-state index in [1.165, 1.54) is 0 Å². The number of anilines is 1. The predicted molar refractivity (Wildman–Crippen MR) is 85.3 cm³/mol. The zero-order valence-corrected chi connectivity index (χ0v) is 12.2. The van der Waals surface area contributed by atoms with Gasteiger partial charge in [0.2, 0.25) is 0 Å². The van der Waals surface area contributed by atoms with E-state index in [-0.39, 0.29) is 11.6 Å². The summed E-state index contributed by atoms with van der Waals surface area (Å²) in [4.78, 5) is 12.3. The number of nitriles is 1. The van der Waals surface area contributed by atoms with Crippen molar-refractivity contribution in [1.82, 2.24) is 5.32 Å². The number of urea groups is 1. The Balaban J connectivity index is 1.75. The molecule has 0 saturated heterocycles. The summed E-state index contributed by atoms with van der Waals surface area (Å²) in [5, 5.41) is 14.9. The molecule has 1 aliphatic carbocycles. The Labute approximate surface area is 129 Å². The topological polar surface area (TPSA) is 64.9 Å². The number of para-hydroxylation sites is 1. The van der Waals surface area contributed by atoms with E-state index < -0.39 is 0 Å². The quantitative estimate of drug-likeness (QED) is 0.904. The molecule has 0 aliphatic heterocycles. The van der Waals surface area contributed by atoms with Crippen molar-refractivity contribution in [3.8, 4) is 6.07 Å². The molecular weight excluding hydrogens is 274 g/mol. The number of carbonyl (C=O) groups is 1. The van der Waals surface area contributed by atoms with E-state index in [1.807, 2.05) is 30.3 Å². The number of hydrogen-bond donors (Lipinski definition) is 2. The highest BCUT2D eigenvalue weighted by atomic mass is 16.2. The van der Waals surface area contributed by atoms with Crippen molar-refractivity contribution in [3.63, 3.8) is 0 Å². The maximum Gasteiger partial charge on any atom is 0.319 e. The van der Waals surface area contributed by atoms with Gasteiger partial charge in [-0.05, 0) is 37.0 Å². The van der Waals surface area contributed by atoms with E-state index >= 15 is 0 Å². The van der Waals surface area contributed by atoms with Gasteiger partial charge in [-0.1, -0.05) is 42.5 Å². The van der Waals surface area contributed by atoms with Crippen LogP contribution in [0.2, 0.25) is 0 Å². The number of carbonyl (C=O) groups excluding carboxylic acids is 1. The molecular formula is C18H17N3O. The number of nitrogens with one attached hydrogen (secondary N) is 2. The van der Waals surface area contributed by atoms with Crippen LogP contribution in [0.15, 0.2) is 54.6 Å². The molecule has 1 fully saturated rings. The Morgan fingerprint density at radius 1 is 1.05 bits per heavy atom. The van der Waals surface area contributed by atoms with Gasteiger partial charge in [-0.3, -0.25) is 0 Å². The lowest BCUT2D eigenvalue weighted by Crippen LogP contribution is -2.52. The van der Waals surface area contributed by atoms with Crippen molar-refractivity contribution >= 4 is 11.7 Å². The molecule has 4 nitrogen and oxygen atoms in total. The van der Waals surface area contributed by atoms with E-state index in [9.17, 15) is 4.79 Å². The molecule has 110 valence electrons. The van der Waals surface area contributed by atoms with Crippen LogP contribution < -0.4 is 10.6 Å². The largest absolute Gasteiger partial charge is 0.328 e. The van der Waals surface area contributed by atoms with Gasteiger partial charge in [0.1, 0.15) is 6.07 Å². The minimum atomic E-state index is -0.285. The lowest BCUT2D eigenvalue weighted by Gasteiger charge is -2.43. The van der Waals surface area contributed by atoms with Crippen molar-refractivity contribution in [2.45, 2.75) is 24.8 Å². The summed E-state index contributed by atoms with van der Waals surface area (Å²) in [7, 11) is 0. The van der Waals surface area contributed by atoms with Gasteiger partial charge in [-0.2, -0.15) is 5.26 Å². The number of benzene rings is 2. The smallest absolute Gasteiger partial charge is 0.319 e. The van der Waals surface area contributed by atoms with Gasteiger partial charge < -0.3 is 10.6 Å². The monoisotopic (exact) mass is 291 g/mol. The first-order valence-electron chi connectivity index (χ1n) is 7.37.